The van der Waals surface area contributed by atoms with Crippen LogP contribution in [0.25, 0.3) is 5.65 Å². The maximum Gasteiger partial charge on any atom is 0.271 e. The zero-order valence-electron chi connectivity index (χ0n) is 14.0. The van der Waals surface area contributed by atoms with Crippen molar-refractivity contribution in [2.24, 2.45) is 0 Å². The number of hydrogen-bond donors (Lipinski definition) is 1. The molecule has 1 N–H and O–H groups in total. The van der Waals surface area contributed by atoms with Gasteiger partial charge in [0.2, 0.25) is 0 Å². The Morgan fingerprint density at radius 1 is 1.19 bits per heavy atom. The van der Waals surface area contributed by atoms with Crippen LogP contribution in [0.1, 0.15) is 21.3 Å². The van der Waals surface area contributed by atoms with E-state index in [9.17, 15) is 4.79 Å². The highest BCUT2D eigenvalue weighted by Gasteiger charge is 2.13. The number of pyridine rings is 1. The van der Waals surface area contributed by atoms with Crippen molar-refractivity contribution in [3.63, 3.8) is 0 Å². The molecule has 4 rings (SSSR count). The minimum atomic E-state index is -0.267. The lowest BCUT2D eigenvalue weighted by atomic mass is 10.3. The zero-order chi connectivity index (χ0) is 18.6. The Hall–Kier alpha value is -2.97. The van der Waals surface area contributed by atoms with Crippen molar-refractivity contribution in [1.82, 2.24) is 24.9 Å². The van der Waals surface area contributed by atoms with Crippen molar-refractivity contribution in [2.45, 2.75) is 13.2 Å². The maximum absolute atomic E-state index is 12.3. The van der Waals surface area contributed by atoms with Crippen LogP contribution < -0.4 is 10.1 Å². The molecule has 0 radical (unpaired) electrons. The molecular formula is C18H14ClN5O2S. The second-order valence-corrected chi connectivity index (χ2v) is 6.98. The Kier molecular flexibility index (Phi) is 4.99. The van der Waals surface area contributed by atoms with Crippen LogP contribution in [0, 0.1) is 0 Å². The molecule has 1 amide bonds. The summed E-state index contributed by atoms with van der Waals surface area (Å²) in [5.41, 5.74) is 1.08. The lowest BCUT2D eigenvalue weighted by Crippen LogP contribution is -2.24. The van der Waals surface area contributed by atoms with Gasteiger partial charge in [-0.1, -0.05) is 17.7 Å². The van der Waals surface area contributed by atoms with Gasteiger partial charge >= 0.3 is 0 Å². The van der Waals surface area contributed by atoms with Gasteiger partial charge in [-0.2, -0.15) is 0 Å². The minimum absolute atomic E-state index is 0.262. The molecule has 9 heteroatoms. The zero-order valence-corrected chi connectivity index (χ0v) is 15.6. The van der Waals surface area contributed by atoms with Gasteiger partial charge in [0.25, 0.3) is 5.91 Å². The summed E-state index contributed by atoms with van der Waals surface area (Å²) in [6.07, 6.45) is 1.85. The average molecular weight is 400 g/mol. The Morgan fingerprint density at radius 3 is 2.89 bits per heavy atom. The first-order chi connectivity index (χ1) is 13.2. The standard InChI is InChI=1S/C18H14ClN5O2S/c19-12-4-6-13(7-5-12)26-10-17-21-14(11-27-17)18(25)20-9-16-23-22-15-3-1-2-8-24(15)16/h1-8,11H,9-10H2,(H,20,25). The van der Waals surface area contributed by atoms with Crippen LogP contribution in [0.5, 0.6) is 5.75 Å². The highest BCUT2D eigenvalue weighted by molar-refractivity contribution is 7.09. The maximum atomic E-state index is 12.3. The van der Waals surface area contributed by atoms with Crippen molar-refractivity contribution in [3.05, 3.63) is 75.6 Å². The van der Waals surface area contributed by atoms with E-state index in [0.717, 1.165) is 5.65 Å². The second kappa shape index (κ2) is 7.73. The molecule has 0 spiro atoms. The van der Waals surface area contributed by atoms with Gasteiger partial charge < -0.3 is 10.1 Å². The van der Waals surface area contributed by atoms with E-state index >= 15 is 0 Å². The quantitative estimate of drug-likeness (QED) is 0.537. The van der Waals surface area contributed by atoms with Crippen LogP contribution in [0.3, 0.4) is 0 Å². The van der Waals surface area contributed by atoms with Gasteiger partial charge in [-0.25, -0.2) is 4.98 Å². The van der Waals surface area contributed by atoms with Crippen LogP contribution in [0.15, 0.2) is 54.0 Å². The minimum Gasteiger partial charge on any atom is -0.486 e. The summed E-state index contributed by atoms with van der Waals surface area (Å²) >= 11 is 7.22. The Bertz CT molecular complexity index is 1080. The molecule has 0 saturated heterocycles. The molecule has 0 aliphatic heterocycles. The number of hydrogen-bond acceptors (Lipinski definition) is 6. The van der Waals surface area contributed by atoms with E-state index in [2.05, 4.69) is 20.5 Å². The molecule has 1 aromatic carbocycles. The van der Waals surface area contributed by atoms with Crippen molar-refractivity contribution >= 4 is 34.5 Å². The number of thiazole rings is 1. The van der Waals surface area contributed by atoms with E-state index in [1.165, 1.54) is 11.3 Å². The molecule has 27 heavy (non-hydrogen) atoms. The molecule has 0 aliphatic carbocycles. The Balaban J connectivity index is 1.35. The van der Waals surface area contributed by atoms with Gasteiger partial charge in [-0.3, -0.25) is 9.20 Å². The average Bonchev–Trinajstić information content (AvgIpc) is 3.33. The third-order valence-electron chi connectivity index (χ3n) is 3.75. The van der Waals surface area contributed by atoms with E-state index in [1.54, 1.807) is 29.6 Å². The van der Waals surface area contributed by atoms with E-state index in [-0.39, 0.29) is 19.1 Å². The first kappa shape index (κ1) is 17.4. The molecule has 3 heterocycles. The number of halogens is 1. The largest absolute Gasteiger partial charge is 0.486 e. The number of carbonyl (C=O) groups excluding carboxylic acids is 1. The van der Waals surface area contributed by atoms with Crippen molar-refractivity contribution < 1.29 is 9.53 Å². The van der Waals surface area contributed by atoms with Gasteiger partial charge in [0.05, 0.1) is 6.54 Å². The summed E-state index contributed by atoms with van der Waals surface area (Å²) in [5, 5.41) is 14.0. The van der Waals surface area contributed by atoms with Crippen molar-refractivity contribution in [1.29, 1.82) is 0 Å². The van der Waals surface area contributed by atoms with Gasteiger partial charge in [0.1, 0.15) is 23.1 Å². The summed E-state index contributed by atoms with van der Waals surface area (Å²) in [4.78, 5) is 16.6. The van der Waals surface area contributed by atoms with Crippen LogP contribution in [0.2, 0.25) is 5.02 Å². The number of rotatable bonds is 6. The van der Waals surface area contributed by atoms with Crippen molar-refractivity contribution in [3.8, 4) is 5.75 Å². The highest BCUT2D eigenvalue weighted by Crippen LogP contribution is 2.18. The molecule has 0 fully saturated rings. The first-order valence-electron chi connectivity index (χ1n) is 8.08. The molecule has 0 atom stereocenters. The summed E-state index contributed by atoms with van der Waals surface area (Å²) in [7, 11) is 0. The lowest BCUT2D eigenvalue weighted by Gasteiger charge is -2.03. The fourth-order valence-electron chi connectivity index (χ4n) is 2.42. The SMILES string of the molecule is O=C(NCc1nnc2ccccn12)c1csc(COc2ccc(Cl)cc2)n1. The Morgan fingerprint density at radius 2 is 2.04 bits per heavy atom. The van der Waals surface area contributed by atoms with Gasteiger partial charge in [0.15, 0.2) is 11.5 Å². The van der Waals surface area contributed by atoms with Gasteiger partial charge in [0, 0.05) is 16.6 Å². The number of benzene rings is 1. The third-order valence-corrected chi connectivity index (χ3v) is 4.83. The van der Waals surface area contributed by atoms with Gasteiger partial charge in [-0.15, -0.1) is 21.5 Å². The predicted molar refractivity (Wildman–Crippen MR) is 102 cm³/mol. The van der Waals surface area contributed by atoms with Crippen LogP contribution >= 0.6 is 22.9 Å². The normalized spacial score (nSPS) is 10.9. The molecule has 0 unspecified atom stereocenters. The molecule has 7 nitrogen and oxygen atoms in total. The predicted octanol–water partition coefficient (Wildman–Crippen LogP) is 3.35. The fourth-order valence-corrected chi connectivity index (χ4v) is 3.23. The monoisotopic (exact) mass is 399 g/mol. The number of aromatic nitrogens is 4. The van der Waals surface area contributed by atoms with E-state index in [0.29, 0.717) is 27.3 Å². The second-order valence-electron chi connectivity index (χ2n) is 5.60. The first-order valence-corrected chi connectivity index (χ1v) is 9.34. The fraction of sp³-hybridized carbons (Fsp3) is 0.111. The number of nitrogens with zero attached hydrogens (tertiary/aromatic N) is 4. The number of ether oxygens (including phenoxy) is 1. The highest BCUT2D eigenvalue weighted by atomic mass is 35.5. The summed E-state index contributed by atoms with van der Waals surface area (Å²) in [5.74, 6) is 1.08. The molecule has 136 valence electrons. The number of fused-ring (bicyclic) bond motifs is 1. The summed E-state index contributed by atoms with van der Waals surface area (Å²) < 4.78 is 7.47. The summed E-state index contributed by atoms with van der Waals surface area (Å²) in [6.45, 7) is 0.548. The summed E-state index contributed by atoms with van der Waals surface area (Å²) in [6, 6.07) is 12.7. The number of carbonyl (C=O) groups is 1. The number of nitrogens with one attached hydrogen (secondary N) is 1. The topological polar surface area (TPSA) is 81.4 Å². The van der Waals surface area contributed by atoms with E-state index in [4.69, 9.17) is 16.3 Å². The van der Waals surface area contributed by atoms with Crippen LogP contribution in [-0.2, 0) is 13.2 Å². The molecule has 0 saturated carbocycles. The van der Waals surface area contributed by atoms with Crippen molar-refractivity contribution in [2.75, 3.05) is 0 Å². The molecule has 0 aliphatic rings. The van der Waals surface area contributed by atoms with Gasteiger partial charge in [-0.05, 0) is 36.4 Å². The molecule has 0 bridgehead atoms. The molecule has 3 aromatic heterocycles. The van der Waals surface area contributed by atoms with Crippen LogP contribution in [-0.4, -0.2) is 25.5 Å². The smallest absolute Gasteiger partial charge is 0.271 e. The molecule has 4 aromatic rings. The Labute approximate surface area is 163 Å². The lowest BCUT2D eigenvalue weighted by molar-refractivity contribution is 0.0945. The van der Waals surface area contributed by atoms with E-state index < -0.39 is 0 Å². The van der Waals surface area contributed by atoms with E-state index in [1.807, 2.05) is 28.8 Å². The number of amides is 1. The molecular weight excluding hydrogens is 386 g/mol. The van der Waals surface area contributed by atoms with Crippen LogP contribution in [0.4, 0.5) is 0 Å². The third kappa shape index (κ3) is 4.07.